The first kappa shape index (κ1) is 22.9. The van der Waals surface area contributed by atoms with E-state index in [1.54, 1.807) is 36.4 Å². The maximum Gasteiger partial charge on any atom is 0.271 e. The van der Waals surface area contributed by atoms with Gasteiger partial charge in [-0.3, -0.25) is 4.79 Å². The first-order valence-electron chi connectivity index (χ1n) is 9.22. The van der Waals surface area contributed by atoms with E-state index in [0.29, 0.717) is 37.7 Å². The van der Waals surface area contributed by atoms with Crippen molar-refractivity contribution in [3.8, 4) is 11.5 Å². The molecular formula is C23H19Cl3N2O3. The third-order valence-corrected chi connectivity index (χ3v) is 5.45. The number of nitrogens with zero attached hydrogens (tertiary/aromatic N) is 1. The molecular weight excluding hydrogens is 459 g/mol. The molecule has 0 fully saturated rings. The van der Waals surface area contributed by atoms with Crippen molar-refractivity contribution in [1.29, 1.82) is 0 Å². The molecule has 3 aromatic carbocycles. The number of carbonyl (C=O) groups is 1. The summed E-state index contributed by atoms with van der Waals surface area (Å²) in [6, 6.07) is 15.8. The summed E-state index contributed by atoms with van der Waals surface area (Å²) in [7, 11) is 1.51. The molecule has 160 valence electrons. The highest BCUT2D eigenvalue weighted by molar-refractivity contribution is 6.33. The number of aryl methyl sites for hydroxylation is 1. The third-order valence-electron chi connectivity index (χ3n) is 4.40. The lowest BCUT2D eigenvalue weighted by molar-refractivity contribution is 0.0955. The van der Waals surface area contributed by atoms with Crippen LogP contribution in [0.15, 0.2) is 59.7 Å². The Balaban J connectivity index is 1.70. The molecule has 8 heteroatoms. The van der Waals surface area contributed by atoms with E-state index >= 15 is 0 Å². The van der Waals surface area contributed by atoms with Crippen molar-refractivity contribution in [2.75, 3.05) is 7.11 Å². The molecule has 0 aromatic heterocycles. The van der Waals surface area contributed by atoms with Gasteiger partial charge in [-0.2, -0.15) is 5.10 Å². The van der Waals surface area contributed by atoms with Crippen LogP contribution in [-0.2, 0) is 6.61 Å². The first-order chi connectivity index (χ1) is 14.9. The third kappa shape index (κ3) is 5.91. The van der Waals surface area contributed by atoms with Crippen molar-refractivity contribution in [3.05, 3.63) is 91.9 Å². The fourth-order valence-electron chi connectivity index (χ4n) is 2.68. The highest BCUT2D eigenvalue weighted by Crippen LogP contribution is 2.37. The van der Waals surface area contributed by atoms with Crippen LogP contribution in [0.25, 0.3) is 0 Å². The monoisotopic (exact) mass is 476 g/mol. The van der Waals surface area contributed by atoms with Crippen molar-refractivity contribution < 1.29 is 14.3 Å². The lowest BCUT2D eigenvalue weighted by Gasteiger charge is -2.14. The molecule has 0 aliphatic heterocycles. The zero-order valence-corrected chi connectivity index (χ0v) is 19.1. The van der Waals surface area contributed by atoms with Gasteiger partial charge in [0.05, 0.1) is 18.3 Å². The quantitative estimate of drug-likeness (QED) is 0.320. The molecule has 0 aliphatic carbocycles. The van der Waals surface area contributed by atoms with Gasteiger partial charge in [-0.05, 0) is 48.4 Å². The Labute approximate surface area is 195 Å². The molecule has 3 rings (SSSR count). The van der Waals surface area contributed by atoms with Gasteiger partial charge in [0, 0.05) is 21.2 Å². The van der Waals surface area contributed by atoms with E-state index in [0.717, 1.165) is 11.1 Å². The second-order valence-corrected chi connectivity index (χ2v) is 7.80. The fourth-order valence-corrected chi connectivity index (χ4v) is 3.33. The summed E-state index contributed by atoms with van der Waals surface area (Å²) in [6.45, 7) is 2.10. The van der Waals surface area contributed by atoms with Crippen molar-refractivity contribution in [2.45, 2.75) is 13.5 Å². The Morgan fingerprint density at radius 2 is 1.81 bits per heavy atom. The van der Waals surface area contributed by atoms with E-state index < -0.39 is 0 Å². The number of hydrogen-bond acceptors (Lipinski definition) is 4. The number of hydrogen-bond donors (Lipinski definition) is 1. The second kappa shape index (κ2) is 10.5. The van der Waals surface area contributed by atoms with Crippen molar-refractivity contribution in [2.24, 2.45) is 5.10 Å². The van der Waals surface area contributed by atoms with E-state index in [1.165, 1.54) is 13.3 Å². The van der Waals surface area contributed by atoms with Crippen LogP contribution in [0, 0.1) is 6.92 Å². The van der Waals surface area contributed by atoms with Crippen LogP contribution in [-0.4, -0.2) is 19.2 Å². The molecule has 0 radical (unpaired) electrons. The number of ether oxygens (including phenoxy) is 2. The number of nitrogens with one attached hydrogen (secondary N) is 1. The van der Waals surface area contributed by atoms with E-state index in [9.17, 15) is 4.79 Å². The van der Waals surface area contributed by atoms with Crippen LogP contribution in [0.5, 0.6) is 11.5 Å². The number of carbonyl (C=O) groups excluding carboxylic acids is 1. The highest BCUT2D eigenvalue weighted by Gasteiger charge is 2.13. The minimum Gasteiger partial charge on any atom is -0.493 e. The lowest BCUT2D eigenvalue weighted by atomic mass is 10.1. The van der Waals surface area contributed by atoms with Crippen molar-refractivity contribution >= 4 is 46.9 Å². The smallest absolute Gasteiger partial charge is 0.271 e. The van der Waals surface area contributed by atoms with Gasteiger partial charge in [-0.1, -0.05) is 59.1 Å². The maximum atomic E-state index is 12.2. The molecule has 0 atom stereocenters. The number of hydrazone groups is 1. The van der Waals surface area contributed by atoms with Crippen LogP contribution in [0.2, 0.25) is 15.1 Å². The van der Waals surface area contributed by atoms with Gasteiger partial charge in [0.15, 0.2) is 11.5 Å². The first-order valence-corrected chi connectivity index (χ1v) is 10.4. The summed E-state index contributed by atoms with van der Waals surface area (Å²) in [5, 5.41) is 5.44. The van der Waals surface area contributed by atoms with Crippen LogP contribution in [0.3, 0.4) is 0 Å². The SMILES string of the molecule is COc1cc(/C=N\NC(=O)c2ccc(C)c(Cl)c2)cc(Cl)c1OCc1ccccc1Cl. The van der Waals surface area contributed by atoms with Gasteiger partial charge in [0.2, 0.25) is 0 Å². The van der Waals surface area contributed by atoms with Gasteiger partial charge in [-0.25, -0.2) is 5.43 Å². The molecule has 5 nitrogen and oxygen atoms in total. The van der Waals surface area contributed by atoms with Gasteiger partial charge >= 0.3 is 0 Å². The van der Waals surface area contributed by atoms with Crippen LogP contribution >= 0.6 is 34.8 Å². The second-order valence-electron chi connectivity index (χ2n) is 6.58. The standard InChI is InChI=1S/C23H19Cl3N2O3/c1-14-7-8-16(11-19(14)25)23(29)28-27-12-15-9-20(26)22(21(10-15)30-2)31-13-17-5-3-4-6-18(17)24/h3-12H,13H2,1-2H3,(H,28,29)/b27-12-. The van der Waals surface area contributed by atoms with Crippen molar-refractivity contribution in [3.63, 3.8) is 0 Å². The van der Waals surface area contributed by atoms with E-state index in [2.05, 4.69) is 10.5 Å². The molecule has 0 saturated carbocycles. The Bertz CT molecular complexity index is 1130. The van der Waals surface area contributed by atoms with Gasteiger partial charge < -0.3 is 9.47 Å². The van der Waals surface area contributed by atoms with E-state index in [4.69, 9.17) is 44.3 Å². The molecule has 31 heavy (non-hydrogen) atoms. The molecule has 0 spiro atoms. The Kier molecular flexibility index (Phi) is 7.80. The molecule has 0 aliphatic rings. The number of amides is 1. The summed E-state index contributed by atoms with van der Waals surface area (Å²) < 4.78 is 11.2. The molecule has 0 bridgehead atoms. The summed E-state index contributed by atoms with van der Waals surface area (Å²) in [5.74, 6) is 0.438. The van der Waals surface area contributed by atoms with Crippen LogP contribution < -0.4 is 14.9 Å². The zero-order valence-electron chi connectivity index (χ0n) is 16.8. The topological polar surface area (TPSA) is 59.9 Å². The maximum absolute atomic E-state index is 12.2. The molecule has 3 aromatic rings. The Morgan fingerprint density at radius 1 is 1.03 bits per heavy atom. The Hall–Kier alpha value is -2.73. The van der Waals surface area contributed by atoms with Crippen LogP contribution in [0.4, 0.5) is 0 Å². The lowest BCUT2D eigenvalue weighted by Crippen LogP contribution is -2.17. The molecule has 1 N–H and O–H groups in total. The minimum atomic E-state index is -0.379. The normalized spacial score (nSPS) is 10.9. The van der Waals surface area contributed by atoms with Gasteiger partial charge in [0.25, 0.3) is 5.91 Å². The predicted molar refractivity (Wildman–Crippen MR) is 125 cm³/mol. The average Bonchev–Trinajstić information content (AvgIpc) is 2.75. The predicted octanol–water partition coefficient (Wildman–Crippen LogP) is 6.31. The fraction of sp³-hybridized carbons (Fsp3) is 0.130. The van der Waals surface area contributed by atoms with Crippen LogP contribution in [0.1, 0.15) is 27.0 Å². The molecule has 0 saturated heterocycles. The number of halogens is 3. The number of benzene rings is 3. The summed E-state index contributed by atoms with van der Waals surface area (Å²) >= 11 is 18.6. The van der Waals surface area contributed by atoms with E-state index in [1.807, 2.05) is 25.1 Å². The highest BCUT2D eigenvalue weighted by atomic mass is 35.5. The number of methoxy groups -OCH3 is 1. The largest absolute Gasteiger partial charge is 0.493 e. The van der Waals surface area contributed by atoms with E-state index in [-0.39, 0.29) is 12.5 Å². The molecule has 1 amide bonds. The molecule has 0 unspecified atom stereocenters. The summed E-state index contributed by atoms with van der Waals surface area (Å²) in [4.78, 5) is 12.2. The van der Waals surface area contributed by atoms with Gasteiger partial charge in [0.1, 0.15) is 6.61 Å². The zero-order chi connectivity index (χ0) is 22.4. The van der Waals surface area contributed by atoms with Crippen molar-refractivity contribution in [1.82, 2.24) is 5.43 Å². The number of rotatable bonds is 7. The molecule has 0 heterocycles. The Morgan fingerprint density at radius 3 is 2.52 bits per heavy atom. The summed E-state index contributed by atoms with van der Waals surface area (Å²) in [5.41, 5.74) is 5.20. The average molecular weight is 478 g/mol. The summed E-state index contributed by atoms with van der Waals surface area (Å²) in [6.07, 6.45) is 1.46. The van der Waals surface area contributed by atoms with Gasteiger partial charge in [-0.15, -0.1) is 0 Å². The minimum absolute atomic E-state index is 0.234.